The van der Waals surface area contributed by atoms with Gasteiger partial charge in [-0.05, 0) is 52.4 Å². The fourth-order valence-electron chi connectivity index (χ4n) is 3.62. The lowest BCUT2D eigenvalue weighted by Crippen LogP contribution is -2.41. The molecule has 0 aliphatic carbocycles. The monoisotopic (exact) mass is 518 g/mol. The lowest BCUT2D eigenvalue weighted by atomic mass is 9.92. The number of carbonyl (C=O) groups is 2. The number of benzene rings is 1. The van der Waals surface area contributed by atoms with Gasteiger partial charge in [0.15, 0.2) is 0 Å². The van der Waals surface area contributed by atoms with Crippen molar-refractivity contribution in [1.82, 2.24) is 4.90 Å². The van der Waals surface area contributed by atoms with E-state index in [0.29, 0.717) is 22.0 Å². The van der Waals surface area contributed by atoms with Crippen LogP contribution in [0, 0.1) is 11.8 Å². The third-order valence-electron chi connectivity index (χ3n) is 4.63. The van der Waals surface area contributed by atoms with E-state index in [1.54, 1.807) is 6.07 Å². The molecule has 0 radical (unpaired) electrons. The van der Waals surface area contributed by atoms with Crippen LogP contribution in [0.4, 0.5) is 5.69 Å². The van der Waals surface area contributed by atoms with Crippen LogP contribution in [-0.2, 0) is 9.59 Å². The zero-order valence-corrected chi connectivity index (χ0v) is 19.4. The molecular formula is C18H20Br2N2O2S2. The first-order valence-electron chi connectivity index (χ1n) is 8.53. The quantitative estimate of drug-likeness (QED) is 0.413. The summed E-state index contributed by atoms with van der Waals surface area (Å²) in [5.74, 6) is 0.809. The van der Waals surface area contributed by atoms with Gasteiger partial charge in [-0.15, -0.1) is 0 Å². The summed E-state index contributed by atoms with van der Waals surface area (Å²) in [6.45, 7) is 6.31. The van der Waals surface area contributed by atoms with Crippen LogP contribution in [0.1, 0.15) is 26.7 Å². The molecule has 2 heterocycles. The van der Waals surface area contributed by atoms with Gasteiger partial charge in [0.25, 0.3) is 0 Å². The van der Waals surface area contributed by atoms with Gasteiger partial charge in [-0.25, -0.2) is 4.90 Å². The molecule has 0 spiro atoms. The number of piperidine rings is 1. The summed E-state index contributed by atoms with van der Waals surface area (Å²) < 4.78 is 2.32. The first kappa shape index (κ1) is 20.3. The molecule has 1 aromatic carbocycles. The van der Waals surface area contributed by atoms with Crippen LogP contribution in [0.3, 0.4) is 0 Å². The Hall–Kier alpha value is -0.440. The van der Waals surface area contributed by atoms with Crippen molar-refractivity contribution in [3.63, 3.8) is 0 Å². The second kappa shape index (κ2) is 8.29. The highest BCUT2D eigenvalue weighted by Gasteiger charge is 2.42. The van der Waals surface area contributed by atoms with Crippen LogP contribution in [0.25, 0.3) is 0 Å². The zero-order chi connectivity index (χ0) is 19.0. The number of halogens is 2. The molecule has 8 heteroatoms. The van der Waals surface area contributed by atoms with Gasteiger partial charge in [-0.1, -0.05) is 53.8 Å². The van der Waals surface area contributed by atoms with Gasteiger partial charge in [0.2, 0.25) is 11.8 Å². The molecule has 4 nitrogen and oxygen atoms in total. The molecule has 3 rings (SSSR count). The molecule has 2 fully saturated rings. The molecule has 3 atom stereocenters. The van der Waals surface area contributed by atoms with Crippen LogP contribution < -0.4 is 4.90 Å². The lowest BCUT2D eigenvalue weighted by molar-refractivity contribution is -0.121. The Balaban J connectivity index is 1.71. The van der Waals surface area contributed by atoms with E-state index in [1.165, 1.54) is 23.1 Å². The van der Waals surface area contributed by atoms with E-state index in [0.717, 1.165) is 21.9 Å². The standard InChI is InChI=1S/C18H20Br2N2O2S2/c1-10-5-11(2)9-21(8-10)18(25)26-15-7-16(23)22(17(15)24)14-4-3-12(19)6-13(14)20/h3-4,6,10-11,15H,5,7-9H2,1-2H3/t10-,11-,15-/m1/s1. The summed E-state index contributed by atoms with van der Waals surface area (Å²) in [7, 11) is 0. The molecule has 2 aliphatic rings. The van der Waals surface area contributed by atoms with Gasteiger partial charge in [0, 0.05) is 28.5 Å². The molecule has 2 amide bonds. The van der Waals surface area contributed by atoms with E-state index in [4.69, 9.17) is 12.2 Å². The van der Waals surface area contributed by atoms with Gasteiger partial charge in [0.05, 0.1) is 5.69 Å². The number of thiocarbonyl (C=S) groups is 1. The SMILES string of the molecule is C[C@@H]1C[C@@H](C)CN(C(=S)S[C@@H]2CC(=O)N(c3ccc(Br)cc3Br)C2=O)C1. The fourth-order valence-corrected chi connectivity index (χ4v) is 6.32. The molecule has 1 aromatic rings. The number of rotatable bonds is 2. The average Bonchev–Trinajstić information content (AvgIpc) is 2.81. The average molecular weight is 520 g/mol. The number of carbonyl (C=O) groups excluding carboxylic acids is 2. The summed E-state index contributed by atoms with van der Waals surface area (Å²) in [4.78, 5) is 28.8. The van der Waals surface area contributed by atoms with Gasteiger partial charge in [-0.3, -0.25) is 9.59 Å². The van der Waals surface area contributed by atoms with Gasteiger partial charge in [-0.2, -0.15) is 0 Å². The minimum atomic E-state index is -0.446. The smallest absolute Gasteiger partial charge is 0.247 e. The third kappa shape index (κ3) is 4.34. The summed E-state index contributed by atoms with van der Waals surface area (Å²) in [6.07, 6.45) is 1.39. The normalized spacial score (nSPS) is 26.5. The highest BCUT2D eigenvalue weighted by Crippen LogP contribution is 2.36. The maximum Gasteiger partial charge on any atom is 0.247 e. The predicted molar refractivity (Wildman–Crippen MR) is 117 cm³/mol. The Morgan fingerprint density at radius 3 is 2.46 bits per heavy atom. The number of hydrogen-bond donors (Lipinski definition) is 0. The van der Waals surface area contributed by atoms with Crippen LogP contribution in [0.15, 0.2) is 27.1 Å². The number of anilines is 1. The van der Waals surface area contributed by atoms with Crippen molar-refractivity contribution < 1.29 is 9.59 Å². The Labute approximate surface area is 180 Å². The predicted octanol–water partition coefficient (Wildman–Crippen LogP) is 4.84. The minimum absolute atomic E-state index is 0.182. The molecule has 140 valence electrons. The Bertz CT molecular complexity index is 749. The van der Waals surface area contributed by atoms with E-state index in [-0.39, 0.29) is 18.2 Å². The number of nitrogens with zero attached hydrogens (tertiary/aromatic N) is 2. The number of amides is 2. The summed E-state index contributed by atoms with van der Waals surface area (Å²) in [5.41, 5.74) is 0.581. The fraction of sp³-hybridized carbons (Fsp3) is 0.500. The van der Waals surface area contributed by atoms with Crippen LogP contribution >= 0.6 is 55.8 Å². The Morgan fingerprint density at radius 2 is 1.85 bits per heavy atom. The second-order valence-electron chi connectivity index (χ2n) is 7.09. The van der Waals surface area contributed by atoms with Crippen molar-refractivity contribution in [3.05, 3.63) is 27.1 Å². The third-order valence-corrected chi connectivity index (χ3v) is 7.41. The summed E-state index contributed by atoms with van der Waals surface area (Å²) in [6, 6.07) is 5.42. The first-order chi connectivity index (χ1) is 12.3. The second-order valence-corrected chi connectivity index (χ2v) is 10.7. The molecule has 0 unspecified atom stereocenters. The van der Waals surface area contributed by atoms with Crippen molar-refractivity contribution >= 4 is 77.7 Å². The number of hydrogen-bond acceptors (Lipinski definition) is 4. The van der Waals surface area contributed by atoms with Crippen molar-refractivity contribution in [2.45, 2.75) is 31.9 Å². The van der Waals surface area contributed by atoms with E-state index >= 15 is 0 Å². The largest absolute Gasteiger partial charge is 0.357 e. The number of imide groups is 1. The molecule has 2 aliphatic heterocycles. The maximum atomic E-state index is 12.9. The van der Waals surface area contributed by atoms with E-state index < -0.39 is 5.25 Å². The number of likely N-dealkylation sites (tertiary alicyclic amines) is 1. The topological polar surface area (TPSA) is 40.6 Å². The van der Waals surface area contributed by atoms with E-state index in [9.17, 15) is 9.59 Å². The first-order valence-corrected chi connectivity index (χ1v) is 11.4. The zero-order valence-electron chi connectivity index (χ0n) is 14.6. The molecule has 2 saturated heterocycles. The minimum Gasteiger partial charge on any atom is -0.357 e. The molecule has 0 saturated carbocycles. The maximum absolute atomic E-state index is 12.9. The van der Waals surface area contributed by atoms with Crippen LogP contribution in [-0.4, -0.2) is 39.4 Å². The lowest BCUT2D eigenvalue weighted by Gasteiger charge is -2.36. The van der Waals surface area contributed by atoms with Gasteiger partial charge < -0.3 is 4.90 Å². The van der Waals surface area contributed by atoms with E-state index in [2.05, 4.69) is 50.6 Å². The van der Waals surface area contributed by atoms with Crippen LogP contribution in [0.2, 0.25) is 0 Å². The highest BCUT2D eigenvalue weighted by molar-refractivity contribution is 9.11. The molecular weight excluding hydrogens is 500 g/mol. The van der Waals surface area contributed by atoms with Crippen molar-refractivity contribution in [2.75, 3.05) is 18.0 Å². The highest BCUT2D eigenvalue weighted by atomic mass is 79.9. The van der Waals surface area contributed by atoms with Gasteiger partial charge >= 0.3 is 0 Å². The van der Waals surface area contributed by atoms with Gasteiger partial charge in [0.1, 0.15) is 9.57 Å². The van der Waals surface area contributed by atoms with E-state index in [1.807, 2.05) is 12.1 Å². The molecule has 0 aromatic heterocycles. The molecule has 0 N–H and O–H groups in total. The number of thioether (sulfide) groups is 1. The van der Waals surface area contributed by atoms with Crippen molar-refractivity contribution in [1.29, 1.82) is 0 Å². The van der Waals surface area contributed by atoms with Crippen molar-refractivity contribution in [2.24, 2.45) is 11.8 Å². The Kier molecular flexibility index (Phi) is 6.47. The van der Waals surface area contributed by atoms with Crippen LogP contribution in [0.5, 0.6) is 0 Å². The summed E-state index contributed by atoms with van der Waals surface area (Å²) in [5, 5.41) is -0.446. The summed E-state index contributed by atoms with van der Waals surface area (Å²) >= 11 is 13.8. The Morgan fingerprint density at radius 1 is 1.19 bits per heavy atom. The van der Waals surface area contributed by atoms with Crippen molar-refractivity contribution in [3.8, 4) is 0 Å². The molecule has 0 bridgehead atoms. The molecule has 26 heavy (non-hydrogen) atoms.